The molecule has 1 amide bonds. The van der Waals surface area contributed by atoms with E-state index in [-0.39, 0.29) is 15.5 Å². The average Bonchev–Trinajstić information content (AvgIpc) is 2.82. The number of hydrogen-bond donors (Lipinski definition) is 1. The minimum atomic E-state index is -4.22. The third-order valence-electron chi connectivity index (χ3n) is 4.78. The lowest BCUT2D eigenvalue weighted by Gasteiger charge is -2.22. The summed E-state index contributed by atoms with van der Waals surface area (Å²) in [5.74, 6) is -0.853. The van der Waals surface area contributed by atoms with Gasteiger partial charge in [-0.1, -0.05) is 41.4 Å². The van der Waals surface area contributed by atoms with Crippen LogP contribution < -0.4 is 10.2 Å². The van der Waals surface area contributed by atoms with E-state index in [1.807, 2.05) is 6.92 Å². The molecule has 0 atom stereocenters. The molecule has 0 aliphatic carbocycles. The molecule has 3 aromatic carbocycles. The fourth-order valence-electron chi connectivity index (χ4n) is 3.08. The number of benzene rings is 3. The molecular formula is C24H22Cl2FN3O4S. The van der Waals surface area contributed by atoms with E-state index < -0.39 is 34.8 Å². The number of hydrazone groups is 1. The second-order valence-electron chi connectivity index (χ2n) is 7.19. The lowest BCUT2D eigenvalue weighted by Crippen LogP contribution is -2.39. The van der Waals surface area contributed by atoms with Crippen LogP contribution in [0.3, 0.4) is 0 Å². The standard InChI is InChI=1S/C24H22Cl2FN3O4S/c1-2-34-23-9-4-3-6-17(23)14-28-29-24(31)16-30(15-20-21(26)7-5-8-22(20)27)35(32,33)19-12-10-18(25)11-13-19/h3-14H,2,15-16H2,1H3,(H,29,31)/b28-14-. The number of rotatable bonds is 10. The lowest BCUT2D eigenvalue weighted by atomic mass is 10.2. The Balaban J connectivity index is 1.84. The number of carbonyl (C=O) groups excluding carboxylic acids is 1. The van der Waals surface area contributed by atoms with Gasteiger partial charge < -0.3 is 4.74 Å². The molecular weight excluding hydrogens is 516 g/mol. The summed E-state index contributed by atoms with van der Waals surface area (Å²) in [6.45, 7) is 1.18. The van der Waals surface area contributed by atoms with Gasteiger partial charge in [-0.2, -0.15) is 9.41 Å². The van der Waals surface area contributed by atoms with Gasteiger partial charge >= 0.3 is 0 Å². The number of sulfonamides is 1. The van der Waals surface area contributed by atoms with Crippen molar-refractivity contribution in [3.8, 4) is 5.75 Å². The highest BCUT2D eigenvalue weighted by atomic mass is 35.5. The van der Waals surface area contributed by atoms with Gasteiger partial charge in [-0.25, -0.2) is 18.2 Å². The van der Waals surface area contributed by atoms with E-state index in [2.05, 4.69) is 10.5 Å². The summed E-state index contributed by atoms with van der Waals surface area (Å²) in [5, 5.41) is 4.28. The van der Waals surface area contributed by atoms with Crippen molar-refractivity contribution >= 4 is 45.3 Å². The molecule has 0 unspecified atom stereocenters. The number of nitrogens with zero attached hydrogens (tertiary/aromatic N) is 2. The topological polar surface area (TPSA) is 88.1 Å². The van der Waals surface area contributed by atoms with Crippen molar-refractivity contribution in [1.82, 2.24) is 9.73 Å². The van der Waals surface area contributed by atoms with Crippen LogP contribution in [0.4, 0.5) is 4.39 Å². The first kappa shape index (κ1) is 26.6. The van der Waals surface area contributed by atoms with Gasteiger partial charge in [0, 0.05) is 27.7 Å². The first-order valence-corrected chi connectivity index (χ1v) is 12.6. The van der Waals surface area contributed by atoms with Crippen LogP contribution in [0.2, 0.25) is 10.0 Å². The van der Waals surface area contributed by atoms with E-state index in [4.69, 9.17) is 27.9 Å². The molecule has 0 aliphatic heterocycles. The normalized spacial score (nSPS) is 11.7. The van der Waals surface area contributed by atoms with Crippen molar-refractivity contribution < 1.29 is 22.3 Å². The Morgan fingerprint density at radius 3 is 2.49 bits per heavy atom. The van der Waals surface area contributed by atoms with Gasteiger partial charge in [0.05, 0.1) is 24.3 Å². The summed E-state index contributed by atoms with van der Waals surface area (Å²) in [4.78, 5) is 12.5. The molecule has 0 heterocycles. The van der Waals surface area contributed by atoms with Gasteiger partial charge in [0.1, 0.15) is 11.6 Å². The van der Waals surface area contributed by atoms with Gasteiger partial charge in [-0.3, -0.25) is 4.79 Å². The summed E-state index contributed by atoms with van der Waals surface area (Å²) in [6, 6.07) is 16.5. The maximum absolute atomic E-state index is 14.4. The summed E-state index contributed by atoms with van der Waals surface area (Å²) in [7, 11) is -4.22. The quantitative estimate of drug-likeness (QED) is 0.295. The second kappa shape index (κ2) is 12.1. The van der Waals surface area contributed by atoms with E-state index >= 15 is 0 Å². The van der Waals surface area contributed by atoms with E-state index in [9.17, 15) is 17.6 Å². The molecule has 3 aromatic rings. The van der Waals surface area contributed by atoms with E-state index in [0.29, 0.717) is 22.9 Å². The zero-order chi connectivity index (χ0) is 25.4. The summed E-state index contributed by atoms with van der Waals surface area (Å²) in [5.41, 5.74) is 2.86. The van der Waals surface area contributed by atoms with Crippen molar-refractivity contribution in [2.45, 2.75) is 18.4 Å². The van der Waals surface area contributed by atoms with Crippen LogP contribution in [-0.2, 0) is 21.4 Å². The highest BCUT2D eigenvalue weighted by Gasteiger charge is 2.28. The number of para-hydroxylation sites is 1. The number of halogens is 3. The maximum Gasteiger partial charge on any atom is 0.255 e. The molecule has 7 nitrogen and oxygen atoms in total. The van der Waals surface area contributed by atoms with Crippen LogP contribution in [0.25, 0.3) is 0 Å². The third-order valence-corrected chi connectivity index (χ3v) is 7.19. The molecule has 0 spiro atoms. The molecule has 11 heteroatoms. The van der Waals surface area contributed by atoms with Crippen LogP contribution in [0, 0.1) is 5.82 Å². The fourth-order valence-corrected chi connectivity index (χ4v) is 4.80. The predicted molar refractivity (Wildman–Crippen MR) is 134 cm³/mol. The molecule has 0 bridgehead atoms. The van der Waals surface area contributed by atoms with Crippen LogP contribution in [0.15, 0.2) is 76.7 Å². The maximum atomic E-state index is 14.4. The van der Waals surface area contributed by atoms with Crippen molar-refractivity contribution in [2.75, 3.05) is 13.2 Å². The zero-order valence-corrected chi connectivity index (χ0v) is 20.9. The number of amides is 1. The van der Waals surface area contributed by atoms with Crippen LogP contribution in [0.1, 0.15) is 18.1 Å². The zero-order valence-electron chi connectivity index (χ0n) is 18.6. The molecule has 0 saturated carbocycles. The lowest BCUT2D eigenvalue weighted by molar-refractivity contribution is -0.121. The predicted octanol–water partition coefficient (Wildman–Crippen LogP) is 4.87. The van der Waals surface area contributed by atoms with Crippen molar-refractivity contribution in [3.63, 3.8) is 0 Å². The number of ether oxygens (including phenoxy) is 1. The Morgan fingerprint density at radius 1 is 1.09 bits per heavy atom. The Bertz CT molecular complexity index is 1300. The number of hydrogen-bond acceptors (Lipinski definition) is 5. The number of carbonyl (C=O) groups is 1. The fraction of sp³-hybridized carbons (Fsp3) is 0.167. The minimum Gasteiger partial charge on any atom is -0.493 e. The van der Waals surface area contributed by atoms with Crippen LogP contribution in [0.5, 0.6) is 5.75 Å². The number of nitrogens with one attached hydrogen (secondary N) is 1. The van der Waals surface area contributed by atoms with E-state index in [1.165, 1.54) is 42.6 Å². The first-order valence-electron chi connectivity index (χ1n) is 10.4. The highest BCUT2D eigenvalue weighted by molar-refractivity contribution is 7.89. The smallest absolute Gasteiger partial charge is 0.255 e. The molecule has 0 fully saturated rings. The molecule has 0 radical (unpaired) electrons. The second-order valence-corrected chi connectivity index (χ2v) is 9.97. The molecule has 3 rings (SSSR count). The molecule has 0 aliphatic rings. The Morgan fingerprint density at radius 2 is 1.80 bits per heavy atom. The molecule has 0 saturated heterocycles. The van der Waals surface area contributed by atoms with Gasteiger partial charge in [0.15, 0.2) is 0 Å². The van der Waals surface area contributed by atoms with Crippen LogP contribution in [-0.4, -0.2) is 38.0 Å². The van der Waals surface area contributed by atoms with E-state index in [1.54, 1.807) is 24.3 Å². The average molecular weight is 538 g/mol. The van der Waals surface area contributed by atoms with Crippen molar-refractivity contribution in [3.05, 3.63) is 93.7 Å². The summed E-state index contributed by atoms with van der Waals surface area (Å²) in [6.07, 6.45) is 1.38. The molecule has 184 valence electrons. The van der Waals surface area contributed by atoms with Gasteiger partial charge in [0.25, 0.3) is 5.91 Å². The molecule has 1 N–H and O–H groups in total. The van der Waals surface area contributed by atoms with Crippen LogP contribution >= 0.6 is 23.2 Å². The first-order chi connectivity index (χ1) is 16.7. The summed E-state index contributed by atoms with van der Waals surface area (Å²) >= 11 is 12.0. The molecule has 0 aromatic heterocycles. The summed E-state index contributed by atoms with van der Waals surface area (Å²) < 4.78 is 47.3. The van der Waals surface area contributed by atoms with Crippen molar-refractivity contribution in [1.29, 1.82) is 0 Å². The largest absolute Gasteiger partial charge is 0.493 e. The highest BCUT2D eigenvalue weighted by Crippen LogP contribution is 2.25. The van der Waals surface area contributed by atoms with Crippen molar-refractivity contribution in [2.24, 2.45) is 5.10 Å². The van der Waals surface area contributed by atoms with E-state index in [0.717, 1.165) is 10.4 Å². The van der Waals surface area contributed by atoms with Gasteiger partial charge in [-0.05, 0) is 55.5 Å². The Hall–Kier alpha value is -2.98. The van der Waals surface area contributed by atoms with Gasteiger partial charge in [-0.15, -0.1) is 0 Å². The third kappa shape index (κ3) is 7.02. The molecule has 35 heavy (non-hydrogen) atoms. The Labute approximate surface area is 213 Å². The monoisotopic (exact) mass is 537 g/mol. The Kier molecular flexibility index (Phi) is 9.22. The van der Waals surface area contributed by atoms with Gasteiger partial charge in [0.2, 0.25) is 10.0 Å². The minimum absolute atomic E-state index is 0.0345. The SMILES string of the molecule is CCOc1ccccc1/C=N\NC(=O)CN(Cc1c(F)cccc1Cl)S(=O)(=O)c1ccc(Cl)cc1.